The summed E-state index contributed by atoms with van der Waals surface area (Å²) in [4.78, 5) is 2.53. The summed E-state index contributed by atoms with van der Waals surface area (Å²) in [5.41, 5.74) is 0.551. The molecule has 1 aromatic rings. The maximum atomic E-state index is 4.26. The minimum atomic E-state index is 0.551. The monoisotopic (exact) mass is 268 g/mol. The van der Waals surface area contributed by atoms with Gasteiger partial charge in [0.05, 0.1) is 6.54 Å². The number of hydrogen-bond acceptors (Lipinski definition) is 5. The fraction of sp³-hybridized carbons (Fsp3) is 0.846. The van der Waals surface area contributed by atoms with Gasteiger partial charge in [-0.15, -0.1) is 10.2 Å². The fourth-order valence-electron chi connectivity index (χ4n) is 2.72. The minimum Gasteiger partial charge on any atom is -0.360 e. The van der Waals surface area contributed by atoms with Crippen LogP contribution in [0.2, 0.25) is 0 Å². The normalized spacial score (nSPS) is 19.3. The zero-order chi connectivity index (χ0) is 13.0. The molecule has 0 amide bonds. The molecule has 0 unspecified atom stereocenters. The van der Waals surface area contributed by atoms with E-state index in [9.17, 15) is 0 Å². The molecule has 1 aliphatic heterocycles. The summed E-state index contributed by atoms with van der Waals surface area (Å²) in [6, 6.07) is 0. The van der Waals surface area contributed by atoms with Crippen molar-refractivity contribution in [3.05, 3.63) is 5.01 Å². The van der Waals surface area contributed by atoms with Gasteiger partial charge in [0.2, 0.25) is 5.13 Å². The second kappa shape index (κ2) is 5.97. The predicted octanol–water partition coefficient (Wildman–Crippen LogP) is 2.98. The number of nitrogens with one attached hydrogen (secondary N) is 1. The zero-order valence-corrected chi connectivity index (χ0v) is 12.5. The molecule has 4 nitrogen and oxygen atoms in total. The van der Waals surface area contributed by atoms with Crippen molar-refractivity contribution >= 4 is 16.5 Å². The topological polar surface area (TPSA) is 41.1 Å². The van der Waals surface area contributed by atoms with E-state index in [1.807, 2.05) is 0 Å². The number of hydrogen-bond donors (Lipinski definition) is 1. The molecule has 0 saturated carbocycles. The third kappa shape index (κ3) is 3.01. The Hall–Kier alpha value is -0.680. The lowest BCUT2D eigenvalue weighted by Crippen LogP contribution is -2.26. The lowest BCUT2D eigenvalue weighted by molar-refractivity contribution is 0.236. The van der Waals surface area contributed by atoms with E-state index in [1.165, 1.54) is 32.4 Å². The molecule has 18 heavy (non-hydrogen) atoms. The Kier molecular flexibility index (Phi) is 4.56. The molecule has 0 aromatic carbocycles. The quantitative estimate of drug-likeness (QED) is 0.861. The summed E-state index contributed by atoms with van der Waals surface area (Å²) in [5, 5.41) is 13.7. The highest BCUT2D eigenvalue weighted by Gasteiger charge is 2.34. The molecular formula is C13H24N4S. The minimum absolute atomic E-state index is 0.551. The van der Waals surface area contributed by atoms with Gasteiger partial charge in [0.15, 0.2) is 0 Å². The molecule has 0 radical (unpaired) electrons. The summed E-state index contributed by atoms with van der Waals surface area (Å²) < 4.78 is 0. The number of anilines is 1. The molecule has 1 saturated heterocycles. The van der Waals surface area contributed by atoms with Crippen LogP contribution in [0.15, 0.2) is 0 Å². The molecule has 0 bridgehead atoms. The number of nitrogens with zero attached hydrogens (tertiary/aromatic N) is 3. The standard InChI is InChI=1S/C13H24N4S/c1-4-13(5-2)7-8-17(10-13)9-11-15-16-12(18-11)14-6-3/h4-10H2,1-3H3,(H,14,16). The van der Waals surface area contributed by atoms with Crippen molar-refractivity contribution in [1.82, 2.24) is 15.1 Å². The third-order valence-corrected chi connectivity index (χ3v) is 5.04. The van der Waals surface area contributed by atoms with Gasteiger partial charge in [-0.05, 0) is 38.1 Å². The lowest BCUT2D eigenvalue weighted by Gasteiger charge is -2.26. The molecule has 102 valence electrons. The molecule has 0 spiro atoms. The molecular weight excluding hydrogens is 244 g/mol. The Morgan fingerprint density at radius 2 is 2.06 bits per heavy atom. The van der Waals surface area contributed by atoms with Crippen LogP contribution in [0.4, 0.5) is 5.13 Å². The van der Waals surface area contributed by atoms with Crippen LogP contribution in [-0.2, 0) is 6.54 Å². The van der Waals surface area contributed by atoms with E-state index >= 15 is 0 Å². The largest absolute Gasteiger partial charge is 0.360 e. The van der Waals surface area contributed by atoms with Crippen LogP contribution in [-0.4, -0.2) is 34.7 Å². The fourth-order valence-corrected chi connectivity index (χ4v) is 3.57. The molecule has 2 rings (SSSR count). The van der Waals surface area contributed by atoms with Crippen molar-refractivity contribution < 1.29 is 0 Å². The van der Waals surface area contributed by atoms with E-state index in [4.69, 9.17) is 0 Å². The maximum Gasteiger partial charge on any atom is 0.205 e. The van der Waals surface area contributed by atoms with Gasteiger partial charge in [-0.2, -0.15) is 0 Å². The summed E-state index contributed by atoms with van der Waals surface area (Å²) >= 11 is 1.68. The first-order valence-corrected chi connectivity index (χ1v) is 7.81. The van der Waals surface area contributed by atoms with E-state index in [0.717, 1.165) is 23.2 Å². The van der Waals surface area contributed by atoms with Gasteiger partial charge in [0.25, 0.3) is 0 Å². The highest BCUT2D eigenvalue weighted by molar-refractivity contribution is 7.15. The van der Waals surface area contributed by atoms with E-state index in [0.29, 0.717) is 5.41 Å². The smallest absolute Gasteiger partial charge is 0.205 e. The second-order valence-corrected chi connectivity index (χ2v) is 6.26. The second-order valence-electron chi connectivity index (χ2n) is 5.20. The van der Waals surface area contributed by atoms with Crippen LogP contribution >= 0.6 is 11.3 Å². The molecule has 1 N–H and O–H groups in total. The summed E-state index contributed by atoms with van der Waals surface area (Å²) in [6.07, 6.45) is 3.91. The van der Waals surface area contributed by atoms with Gasteiger partial charge in [0, 0.05) is 13.1 Å². The maximum absolute atomic E-state index is 4.26. The highest BCUT2D eigenvalue weighted by atomic mass is 32.1. The van der Waals surface area contributed by atoms with E-state index < -0.39 is 0 Å². The number of rotatable bonds is 6. The third-order valence-electron chi connectivity index (χ3n) is 4.17. The number of likely N-dealkylation sites (tertiary alicyclic amines) is 1. The zero-order valence-electron chi connectivity index (χ0n) is 11.7. The van der Waals surface area contributed by atoms with E-state index in [-0.39, 0.29) is 0 Å². The van der Waals surface area contributed by atoms with Crippen LogP contribution in [0.25, 0.3) is 0 Å². The van der Waals surface area contributed by atoms with E-state index in [1.54, 1.807) is 11.3 Å². The Bertz CT molecular complexity index is 373. The van der Waals surface area contributed by atoms with Crippen LogP contribution in [0.3, 0.4) is 0 Å². The van der Waals surface area contributed by atoms with Crippen molar-refractivity contribution in [1.29, 1.82) is 0 Å². The molecule has 2 heterocycles. The summed E-state index contributed by atoms with van der Waals surface area (Å²) in [5.74, 6) is 0. The number of aromatic nitrogens is 2. The van der Waals surface area contributed by atoms with Crippen LogP contribution in [0.1, 0.15) is 45.0 Å². The van der Waals surface area contributed by atoms with Crippen molar-refractivity contribution in [3.63, 3.8) is 0 Å². The van der Waals surface area contributed by atoms with Gasteiger partial charge in [0.1, 0.15) is 5.01 Å². The van der Waals surface area contributed by atoms with Gasteiger partial charge in [-0.25, -0.2) is 0 Å². The first-order valence-electron chi connectivity index (χ1n) is 7.00. The average Bonchev–Trinajstić information content (AvgIpc) is 2.98. The molecule has 1 fully saturated rings. The van der Waals surface area contributed by atoms with Crippen molar-refractivity contribution in [2.24, 2.45) is 5.41 Å². The Labute approximate surface area is 114 Å². The SMILES string of the molecule is CCNc1nnc(CN2CCC(CC)(CC)C2)s1. The van der Waals surface area contributed by atoms with Gasteiger partial charge < -0.3 is 5.32 Å². The van der Waals surface area contributed by atoms with Gasteiger partial charge in [-0.1, -0.05) is 25.2 Å². The van der Waals surface area contributed by atoms with Crippen molar-refractivity contribution in [2.75, 3.05) is 25.0 Å². The van der Waals surface area contributed by atoms with Gasteiger partial charge in [-0.3, -0.25) is 4.90 Å². The molecule has 5 heteroatoms. The summed E-state index contributed by atoms with van der Waals surface area (Å²) in [7, 11) is 0. The van der Waals surface area contributed by atoms with Crippen LogP contribution in [0.5, 0.6) is 0 Å². The Morgan fingerprint density at radius 3 is 2.67 bits per heavy atom. The molecule has 0 aliphatic carbocycles. The Morgan fingerprint density at radius 1 is 1.28 bits per heavy atom. The van der Waals surface area contributed by atoms with E-state index in [2.05, 4.69) is 41.2 Å². The first-order chi connectivity index (χ1) is 8.71. The molecule has 1 aliphatic rings. The molecule has 1 aromatic heterocycles. The van der Waals surface area contributed by atoms with Crippen LogP contribution < -0.4 is 5.32 Å². The average molecular weight is 268 g/mol. The lowest BCUT2D eigenvalue weighted by atomic mass is 9.82. The predicted molar refractivity (Wildman–Crippen MR) is 77.0 cm³/mol. The summed E-state index contributed by atoms with van der Waals surface area (Å²) in [6.45, 7) is 11.0. The van der Waals surface area contributed by atoms with Crippen LogP contribution in [0, 0.1) is 5.41 Å². The highest BCUT2D eigenvalue weighted by Crippen LogP contribution is 2.37. The van der Waals surface area contributed by atoms with Crippen molar-refractivity contribution in [2.45, 2.75) is 46.6 Å². The first kappa shape index (κ1) is 13.7. The van der Waals surface area contributed by atoms with Gasteiger partial charge >= 0.3 is 0 Å². The molecule has 0 atom stereocenters. The van der Waals surface area contributed by atoms with Crippen molar-refractivity contribution in [3.8, 4) is 0 Å². The Balaban J connectivity index is 1.90.